The molecule has 0 saturated heterocycles. The first-order valence-corrected chi connectivity index (χ1v) is 3.44. The number of ether oxygens (including phenoxy) is 2. The van der Waals surface area contributed by atoms with Crippen LogP contribution >= 0.6 is 0 Å². The van der Waals surface area contributed by atoms with Gasteiger partial charge in [-0.25, -0.2) is 9.79 Å². The minimum Gasteiger partial charge on any atom is -0.356 e. The third kappa shape index (κ3) is 5.73. The summed E-state index contributed by atoms with van der Waals surface area (Å²) in [5, 5.41) is 0. The molecule has 0 bridgehead atoms. The van der Waals surface area contributed by atoms with Crippen LogP contribution in [-0.4, -0.2) is 33.1 Å². The number of nitrogens with zero attached hydrogens (tertiary/aromatic N) is 1. The largest absolute Gasteiger partial charge is 0.356 e. The summed E-state index contributed by atoms with van der Waals surface area (Å²) >= 11 is 0. The molecule has 4 heteroatoms. The predicted octanol–water partition coefficient (Wildman–Crippen LogP) is 0.721. The van der Waals surface area contributed by atoms with E-state index in [4.69, 9.17) is 9.47 Å². The quantitative estimate of drug-likeness (QED) is 0.248. The maximum atomic E-state index is 9.63. The Kier molecular flexibility index (Phi) is 6.94. The molecular formula is C7H13NO3. The molecule has 0 spiro atoms. The van der Waals surface area contributed by atoms with E-state index in [1.54, 1.807) is 14.2 Å². The highest BCUT2D eigenvalue weighted by Gasteiger charge is 2.02. The highest BCUT2D eigenvalue weighted by atomic mass is 16.7. The minimum absolute atomic E-state index is 0.183. The van der Waals surface area contributed by atoms with Gasteiger partial charge in [0.05, 0.1) is 6.54 Å². The van der Waals surface area contributed by atoms with Gasteiger partial charge < -0.3 is 9.47 Å². The van der Waals surface area contributed by atoms with Gasteiger partial charge in [0.15, 0.2) is 6.29 Å². The molecule has 0 amide bonds. The van der Waals surface area contributed by atoms with Crippen LogP contribution in [0.5, 0.6) is 0 Å². The van der Waals surface area contributed by atoms with Gasteiger partial charge in [-0.3, -0.25) is 0 Å². The zero-order valence-electron chi connectivity index (χ0n) is 6.87. The van der Waals surface area contributed by atoms with Crippen LogP contribution in [0.3, 0.4) is 0 Å². The lowest BCUT2D eigenvalue weighted by atomic mass is 10.3. The fourth-order valence-corrected chi connectivity index (χ4v) is 0.715. The molecule has 11 heavy (non-hydrogen) atoms. The molecule has 0 aromatic rings. The first-order chi connectivity index (χ1) is 5.35. The first kappa shape index (κ1) is 10.3. The van der Waals surface area contributed by atoms with Crippen LogP contribution in [0.4, 0.5) is 0 Å². The molecule has 0 heterocycles. The molecule has 0 N–H and O–H groups in total. The summed E-state index contributed by atoms with van der Waals surface area (Å²) in [5.41, 5.74) is 0. The van der Waals surface area contributed by atoms with Crippen LogP contribution in [0.25, 0.3) is 0 Å². The Bertz CT molecular complexity index is 128. The van der Waals surface area contributed by atoms with E-state index >= 15 is 0 Å². The lowest BCUT2D eigenvalue weighted by molar-refractivity contribution is -0.106. The highest BCUT2D eigenvalue weighted by molar-refractivity contribution is 5.32. The molecule has 0 aromatic carbocycles. The molecular weight excluding hydrogens is 146 g/mol. The van der Waals surface area contributed by atoms with Crippen molar-refractivity contribution in [3.8, 4) is 0 Å². The number of hydrogen-bond donors (Lipinski definition) is 0. The van der Waals surface area contributed by atoms with E-state index < -0.39 is 0 Å². The molecule has 0 unspecified atom stereocenters. The summed E-state index contributed by atoms with van der Waals surface area (Å²) in [4.78, 5) is 13.0. The van der Waals surface area contributed by atoms with Crippen molar-refractivity contribution >= 4 is 6.08 Å². The van der Waals surface area contributed by atoms with Crippen LogP contribution in [0, 0.1) is 0 Å². The highest BCUT2D eigenvalue weighted by Crippen LogP contribution is 2.00. The summed E-state index contributed by atoms with van der Waals surface area (Å²) in [6.07, 6.45) is 2.81. The number of methoxy groups -OCH3 is 2. The zero-order valence-corrected chi connectivity index (χ0v) is 6.87. The van der Waals surface area contributed by atoms with Gasteiger partial charge >= 0.3 is 0 Å². The Balaban J connectivity index is 3.27. The lowest BCUT2D eigenvalue weighted by Crippen LogP contribution is -2.12. The van der Waals surface area contributed by atoms with Gasteiger partial charge in [0, 0.05) is 20.6 Å². The van der Waals surface area contributed by atoms with E-state index in [-0.39, 0.29) is 6.29 Å². The van der Waals surface area contributed by atoms with E-state index in [1.165, 1.54) is 6.08 Å². The van der Waals surface area contributed by atoms with Crippen LogP contribution in [0.1, 0.15) is 12.8 Å². The Morgan fingerprint density at radius 1 is 1.45 bits per heavy atom. The van der Waals surface area contributed by atoms with Crippen molar-refractivity contribution < 1.29 is 14.3 Å². The molecule has 0 aromatic heterocycles. The van der Waals surface area contributed by atoms with Gasteiger partial charge in [-0.2, -0.15) is 0 Å². The van der Waals surface area contributed by atoms with Crippen LogP contribution < -0.4 is 0 Å². The molecule has 0 atom stereocenters. The number of rotatable bonds is 6. The second-order valence-corrected chi connectivity index (χ2v) is 2.02. The van der Waals surface area contributed by atoms with Crippen LogP contribution in [0.2, 0.25) is 0 Å². The van der Waals surface area contributed by atoms with E-state index in [9.17, 15) is 4.79 Å². The summed E-state index contributed by atoms with van der Waals surface area (Å²) in [6.45, 7) is 0.493. The number of carbonyl (C=O) groups excluding carboxylic acids is 1. The topological polar surface area (TPSA) is 47.9 Å². The van der Waals surface area contributed by atoms with Gasteiger partial charge in [-0.05, 0) is 6.42 Å². The molecule has 0 aliphatic rings. The van der Waals surface area contributed by atoms with Gasteiger partial charge in [0.2, 0.25) is 6.08 Å². The number of hydrogen-bond acceptors (Lipinski definition) is 4. The maximum absolute atomic E-state index is 9.63. The molecule has 0 aliphatic heterocycles. The third-order valence-electron chi connectivity index (χ3n) is 1.30. The van der Waals surface area contributed by atoms with Crippen molar-refractivity contribution in [3.63, 3.8) is 0 Å². The summed E-state index contributed by atoms with van der Waals surface area (Å²) in [5.74, 6) is 0. The van der Waals surface area contributed by atoms with Gasteiger partial charge in [0.1, 0.15) is 0 Å². The maximum Gasteiger partial charge on any atom is 0.234 e. The van der Waals surface area contributed by atoms with E-state index in [1.807, 2.05) is 0 Å². The zero-order chi connectivity index (χ0) is 8.53. The Hall–Kier alpha value is -0.700. The number of aliphatic imine (C=N–C) groups is 1. The second-order valence-electron chi connectivity index (χ2n) is 2.02. The Morgan fingerprint density at radius 3 is 2.55 bits per heavy atom. The van der Waals surface area contributed by atoms with E-state index in [0.29, 0.717) is 6.54 Å². The molecule has 0 rings (SSSR count). The van der Waals surface area contributed by atoms with Crippen LogP contribution in [0.15, 0.2) is 4.99 Å². The molecule has 4 nitrogen and oxygen atoms in total. The normalized spacial score (nSPS) is 9.73. The van der Waals surface area contributed by atoms with Gasteiger partial charge in [-0.1, -0.05) is 0 Å². The van der Waals surface area contributed by atoms with Crippen molar-refractivity contribution in [1.29, 1.82) is 0 Å². The average Bonchev–Trinajstić information content (AvgIpc) is 2.05. The smallest absolute Gasteiger partial charge is 0.234 e. The van der Waals surface area contributed by atoms with Crippen molar-refractivity contribution in [3.05, 3.63) is 0 Å². The Morgan fingerprint density at radius 2 is 2.09 bits per heavy atom. The van der Waals surface area contributed by atoms with Crippen LogP contribution in [-0.2, 0) is 14.3 Å². The standard InChI is InChI=1S/C7H13NO3/c1-10-7(11-2)4-3-5-8-6-9/h7H,3-5H2,1-2H3. The molecule has 0 radical (unpaired) electrons. The summed E-state index contributed by atoms with van der Waals surface area (Å²) in [7, 11) is 3.16. The molecule has 0 fully saturated rings. The molecule has 0 aliphatic carbocycles. The lowest BCUT2D eigenvalue weighted by Gasteiger charge is -2.11. The number of isocyanates is 1. The average molecular weight is 159 g/mol. The van der Waals surface area contributed by atoms with E-state index in [0.717, 1.165) is 12.8 Å². The van der Waals surface area contributed by atoms with E-state index in [2.05, 4.69) is 4.99 Å². The fraction of sp³-hybridized carbons (Fsp3) is 0.857. The van der Waals surface area contributed by atoms with Crippen molar-refractivity contribution in [2.75, 3.05) is 20.8 Å². The summed E-state index contributed by atoms with van der Waals surface area (Å²) < 4.78 is 9.83. The van der Waals surface area contributed by atoms with Gasteiger partial charge in [0.25, 0.3) is 0 Å². The second kappa shape index (κ2) is 7.41. The first-order valence-electron chi connectivity index (χ1n) is 3.44. The SMILES string of the molecule is COC(CCCN=C=O)OC. The third-order valence-corrected chi connectivity index (χ3v) is 1.30. The van der Waals surface area contributed by atoms with Gasteiger partial charge in [-0.15, -0.1) is 0 Å². The van der Waals surface area contributed by atoms with Crippen molar-refractivity contribution in [2.45, 2.75) is 19.1 Å². The minimum atomic E-state index is -0.183. The fourth-order valence-electron chi connectivity index (χ4n) is 0.715. The predicted molar refractivity (Wildman–Crippen MR) is 40.0 cm³/mol. The molecule has 64 valence electrons. The van der Waals surface area contributed by atoms with Crippen molar-refractivity contribution in [1.82, 2.24) is 0 Å². The van der Waals surface area contributed by atoms with Crippen molar-refractivity contribution in [2.24, 2.45) is 4.99 Å². The Labute approximate surface area is 66.2 Å². The summed E-state index contributed by atoms with van der Waals surface area (Å²) in [6, 6.07) is 0. The molecule has 0 saturated carbocycles. The monoisotopic (exact) mass is 159 g/mol.